The highest BCUT2D eigenvalue weighted by Gasteiger charge is 2.52. The zero-order chi connectivity index (χ0) is 32.8. The van der Waals surface area contributed by atoms with E-state index in [0.29, 0.717) is 0 Å². The summed E-state index contributed by atoms with van der Waals surface area (Å²) in [5.41, 5.74) is 10.2. The highest BCUT2D eigenvalue weighted by Crippen LogP contribution is 2.64. The maximum absolute atomic E-state index is 6.78. The lowest BCUT2D eigenvalue weighted by atomic mass is 9.65. The first-order valence-corrected chi connectivity index (χ1v) is 17.9. The summed E-state index contributed by atoms with van der Waals surface area (Å²) in [6, 6.07) is 64.2. The van der Waals surface area contributed by atoms with Crippen LogP contribution in [0.4, 0.5) is 17.1 Å². The number of anilines is 3. The van der Waals surface area contributed by atoms with E-state index in [0.717, 1.165) is 28.6 Å². The van der Waals surface area contributed by atoms with Gasteiger partial charge in [-0.1, -0.05) is 115 Å². The Balaban J connectivity index is 1.23. The number of thiophene rings is 1. The van der Waals surface area contributed by atoms with Gasteiger partial charge in [0.2, 0.25) is 0 Å². The zero-order valence-corrected chi connectivity index (χ0v) is 27.8. The van der Waals surface area contributed by atoms with Gasteiger partial charge in [-0.3, -0.25) is 0 Å². The molecule has 0 saturated carbocycles. The standard InChI is InChI=1S/C47H29NOS/c1-2-13-31(14-3-1)48(32-24-27-45-38(28-32)37-17-7-11-21-44(37)50-45)33-23-25-36-35-16-6-8-18-39(35)47(41(36)29-33)40-19-9-10-20-42(40)49-43-26-22-30-12-4-5-15-34(30)46(43)47/h1-29H. The van der Waals surface area contributed by atoms with Crippen LogP contribution < -0.4 is 9.64 Å². The molecule has 0 N–H and O–H groups in total. The van der Waals surface area contributed by atoms with Gasteiger partial charge in [-0.25, -0.2) is 0 Å². The summed E-state index contributed by atoms with van der Waals surface area (Å²) < 4.78 is 9.39. The molecule has 234 valence electrons. The van der Waals surface area contributed by atoms with Crippen LogP contribution in [0, 0.1) is 0 Å². The fraction of sp³-hybridized carbons (Fsp3) is 0.0213. The molecule has 1 unspecified atom stereocenters. The van der Waals surface area contributed by atoms with Gasteiger partial charge in [-0.15, -0.1) is 11.3 Å². The van der Waals surface area contributed by atoms with Crippen molar-refractivity contribution < 1.29 is 4.74 Å². The normalized spacial score (nSPS) is 15.4. The van der Waals surface area contributed by atoms with E-state index in [4.69, 9.17) is 4.74 Å². The number of fused-ring (bicyclic) bond motifs is 14. The van der Waals surface area contributed by atoms with Crippen molar-refractivity contribution in [3.8, 4) is 22.6 Å². The van der Waals surface area contributed by atoms with Gasteiger partial charge in [0, 0.05) is 48.4 Å². The minimum atomic E-state index is -0.581. The van der Waals surface area contributed by atoms with Gasteiger partial charge in [0.05, 0.1) is 5.41 Å². The maximum atomic E-state index is 6.78. The second-order valence-electron chi connectivity index (χ2n) is 13.2. The summed E-state index contributed by atoms with van der Waals surface area (Å²) in [7, 11) is 0. The van der Waals surface area contributed by atoms with Crippen molar-refractivity contribution in [2.45, 2.75) is 5.41 Å². The Morgan fingerprint density at radius 1 is 0.420 bits per heavy atom. The van der Waals surface area contributed by atoms with Crippen LogP contribution in [0.15, 0.2) is 176 Å². The molecule has 1 spiro atoms. The summed E-state index contributed by atoms with van der Waals surface area (Å²) in [5.74, 6) is 1.81. The SMILES string of the molecule is c1ccc(N(c2ccc3c(c2)C2(c4ccccc4Oc4ccc5ccccc5c42)c2ccccc2-3)c2ccc3sc4ccccc4c3c2)cc1. The van der Waals surface area contributed by atoms with Crippen LogP contribution in [0.2, 0.25) is 0 Å². The fourth-order valence-electron chi connectivity index (χ4n) is 8.69. The third-order valence-corrected chi connectivity index (χ3v) is 11.8. The molecule has 11 rings (SSSR count). The molecule has 9 aromatic rings. The molecule has 2 heterocycles. The van der Waals surface area contributed by atoms with Crippen molar-refractivity contribution in [2.24, 2.45) is 0 Å². The van der Waals surface area contributed by atoms with E-state index in [1.165, 1.54) is 64.3 Å². The second-order valence-corrected chi connectivity index (χ2v) is 14.3. The van der Waals surface area contributed by atoms with Crippen molar-refractivity contribution in [2.75, 3.05) is 4.90 Å². The smallest absolute Gasteiger partial charge is 0.132 e. The lowest BCUT2D eigenvalue weighted by Crippen LogP contribution is -2.32. The van der Waals surface area contributed by atoms with Crippen LogP contribution in [-0.4, -0.2) is 0 Å². The van der Waals surface area contributed by atoms with E-state index in [-0.39, 0.29) is 0 Å². The number of ether oxygens (including phenoxy) is 1. The van der Waals surface area contributed by atoms with Gasteiger partial charge < -0.3 is 9.64 Å². The van der Waals surface area contributed by atoms with Crippen LogP contribution >= 0.6 is 11.3 Å². The molecular formula is C47H29NOS. The first-order valence-electron chi connectivity index (χ1n) is 17.1. The quantitative estimate of drug-likeness (QED) is 0.188. The number of hydrogen-bond acceptors (Lipinski definition) is 3. The van der Waals surface area contributed by atoms with Crippen molar-refractivity contribution in [1.82, 2.24) is 0 Å². The molecule has 0 saturated heterocycles. The van der Waals surface area contributed by atoms with Gasteiger partial charge in [0.15, 0.2) is 0 Å². The first kappa shape index (κ1) is 27.8. The Morgan fingerprint density at radius 3 is 2.02 bits per heavy atom. The van der Waals surface area contributed by atoms with Crippen LogP contribution in [-0.2, 0) is 5.41 Å². The average molecular weight is 656 g/mol. The van der Waals surface area contributed by atoms with E-state index in [1.54, 1.807) is 0 Å². The number of benzene rings is 8. The molecular weight excluding hydrogens is 627 g/mol. The zero-order valence-electron chi connectivity index (χ0n) is 27.0. The summed E-state index contributed by atoms with van der Waals surface area (Å²) >= 11 is 1.86. The van der Waals surface area contributed by atoms with Gasteiger partial charge in [-0.05, 0) is 93.7 Å². The molecule has 1 aromatic heterocycles. The summed E-state index contributed by atoms with van der Waals surface area (Å²) in [6.45, 7) is 0. The molecule has 3 heteroatoms. The Bertz CT molecular complexity index is 2820. The van der Waals surface area contributed by atoms with Gasteiger partial charge in [0.1, 0.15) is 11.5 Å². The van der Waals surface area contributed by atoms with Gasteiger partial charge in [-0.2, -0.15) is 0 Å². The molecule has 1 atom stereocenters. The highest BCUT2D eigenvalue weighted by molar-refractivity contribution is 7.25. The van der Waals surface area contributed by atoms with Gasteiger partial charge >= 0.3 is 0 Å². The predicted octanol–water partition coefficient (Wildman–Crippen LogP) is 13.1. The first-order chi connectivity index (χ1) is 24.8. The summed E-state index contributed by atoms with van der Waals surface area (Å²) in [5, 5.41) is 5.00. The Kier molecular flexibility index (Phi) is 5.78. The van der Waals surface area contributed by atoms with E-state index in [2.05, 4.69) is 181 Å². The van der Waals surface area contributed by atoms with Gasteiger partial charge in [0.25, 0.3) is 0 Å². The fourth-order valence-corrected chi connectivity index (χ4v) is 9.77. The highest BCUT2D eigenvalue weighted by atomic mass is 32.1. The molecule has 50 heavy (non-hydrogen) atoms. The average Bonchev–Trinajstić information content (AvgIpc) is 3.69. The molecule has 0 fully saturated rings. The molecule has 2 aliphatic rings. The van der Waals surface area contributed by atoms with Crippen LogP contribution in [0.5, 0.6) is 11.5 Å². The van der Waals surface area contributed by atoms with Crippen molar-refractivity contribution in [3.05, 3.63) is 198 Å². The summed E-state index contributed by atoms with van der Waals surface area (Å²) in [6.07, 6.45) is 0. The molecule has 2 nitrogen and oxygen atoms in total. The maximum Gasteiger partial charge on any atom is 0.132 e. The van der Waals surface area contributed by atoms with Crippen molar-refractivity contribution in [3.63, 3.8) is 0 Å². The number of rotatable bonds is 3. The minimum absolute atomic E-state index is 0.581. The number of nitrogens with zero attached hydrogens (tertiary/aromatic N) is 1. The third kappa shape index (κ3) is 3.73. The lowest BCUT2D eigenvalue weighted by molar-refractivity contribution is 0.438. The van der Waals surface area contributed by atoms with Crippen molar-refractivity contribution >= 4 is 59.3 Å². The van der Waals surface area contributed by atoms with E-state index >= 15 is 0 Å². The van der Waals surface area contributed by atoms with Crippen molar-refractivity contribution in [1.29, 1.82) is 0 Å². The largest absolute Gasteiger partial charge is 0.457 e. The molecule has 1 aliphatic heterocycles. The molecule has 1 aliphatic carbocycles. The molecule has 8 aromatic carbocycles. The third-order valence-electron chi connectivity index (χ3n) is 10.7. The Labute approximate surface area is 294 Å². The monoisotopic (exact) mass is 655 g/mol. The topological polar surface area (TPSA) is 12.5 Å². The minimum Gasteiger partial charge on any atom is -0.457 e. The van der Waals surface area contributed by atoms with E-state index in [9.17, 15) is 0 Å². The Hall–Kier alpha value is -6.16. The van der Waals surface area contributed by atoms with E-state index in [1.807, 2.05) is 11.3 Å². The van der Waals surface area contributed by atoms with Crippen LogP contribution in [0.3, 0.4) is 0 Å². The predicted molar refractivity (Wildman–Crippen MR) is 209 cm³/mol. The van der Waals surface area contributed by atoms with Crippen LogP contribution in [0.25, 0.3) is 42.1 Å². The van der Waals surface area contributed by atoms with E-state index < -0.39 is 5.41 Å². The Morgan fingerprint density at radius 2 is 1.10 bits per heavy atom. The number of para-hydroxylation sites is 2. The number of hydrogen-bond donors (Lipinski definition) is 0. The summed E-state index contributed by atoms with van der Waals surface area (Å²) in [4.78, 5) is 2.41. The molecule has 0 bridgehead atoms. The second kappa shape index (κ2) is 10.4. The molecule has 0 amide bonds. The van der Waals surface area contributed by atoms with Crippen LogP contribution in [0.1, 0.15) is 22.3 Å². The lowest BCUT2D eigenvalue weighted by Gasteiger charge is -2.40. The molecule has 0 radical (unpaired) electrons.